The largest absolute Gasteiger partial charge is 0.265 e. The monoisotopic (exact) mass is 268 g/mol. The fraction of sp³-hybridized carbons (Fsp3) is 0. The van der Waals surface area contributed by atoms with E-state index in [1.165, 1.54) is 0 Å². The summed E-state index contributed by atoms with van der Waals surface area (Å²) >= 11 is 5.97. The molecule has 0 fully saturated rings. The van der Waals surface area contributed by atoms with Crippen LogP contribution in [0.2, 0.25) is 5.28 Å². The first-order valence-electron chi connectivity index (χ1n) is 5.70. The van der Waals surface area contributed by atoms with E-state index in [1.807, 2.05) is 42.5 Å². The molecule has 4 nitrogen and oxygen atoms in total. The van der Waals surface area contributed by atoms with Gasteiger partial charge in [-0.2, -0.15) is 9.97 Å². The Morgan fingerprint density at radius 3 is 1.89 bits per heavy atom. The molecule has 0 aliphatic carbocycles. The van der Waals surface area contributed by atoms with E-state index in [4.69, 9.17) is 11.6 Å². The summed E-state index contributed by atoms with van der Waals surface area (Å²) in [5.74, 6) is 1.11. The van der Waals surface area contributed by atoms with Crippen LogP contribution in [0.25, 0.3) is 22.8 Å². The molecular formula is C14H9ClN4. The second kappa shape index (κ2) is 5.12. The maximum atomic E-state index is 5.97. The second-order valence-electron chi connectivity index (χ2n) is 3.85. The minimum absolute atomic E-state index is 0.181. The molecular weight excluding hydrogens is 260 g/mol. The van der Waals surface area contributed by atoms with Gasteiger partial charge in [0.1, 0.15) is 0 Å². The number of hydrogen-bond donors (Lipinski definition) is 0. The average Bonchev–Trinajstić information content (AvgIpc) is 2.48. The van der Waals surface area contributed by atoms with Crippen molar-refractivity contribution in [2.45, 2.75) is 0 Å². The quantitative estimate of drug-likeness (QED) is 0.716. The number of benzene rings is 1. The summed E-state index contributed by atoms with van der Waals surface area (Å²) in [6.45, 7) is 0. The van der Waals surface area contributed by atoms with Gasteiger partial charge in [0, 0.05) is 23.5 Å². The van der Waals surface area contributed by atoms with Gasteiger partial charge in [-0.05, 0) is 23.7 Å². The van der Waals surface area contributed by atoms with Gasteiger partial charge < -0.3 is 0 Å². The fourth-order valence-electron chi connectivity index (χ4n) is 1.70. The zero-order valence-corrected chi connectivity index (χ0v) is 10.6. The third-order valence-electron chi connectivity index (χ3n) is 2.58. The molecule has 0 saturated heterocycles. The van der Waals surface area contributed by atoms with Crippen LogP contribution in [0.1, 0.15) is 0 Å². The maximum Gasteiger partial charge on any atom is 0.226 e. The lowest BCUT2D eigenvalue weighted by molar-refractivity contribution is 1.06. The smallest absolute Gasteiger partial charge is 0.226 e. The van der Waals surface area contributed by atoms with E-state index in [2.05, 4.69) is 19.9 Å². The van der Waals surface area contributed by atoms with Crippen LogP contribution in [0.5, 0.6) is 0 Å². The molecule has 92 valence electrons. The number of nitrogens with zero attached hydrogens (tertiary/aromatic N) is 4. The highest BCUT2D eigenvalue weighted by atomic mass is 35.5. The van der Waals surface area contributed by atoms with E-state index in [0.29, 0.717) is 11.6 Å². The Bertz CT molecular complexity index is 629. The Balaban J connectivity index is 2.12. The van der Waals surface area contributed by atoms with Crippen LogP contribution in [0.15, 0.2) is 54.9 Å². The minimum atomic E-state index is 0.181. The molecule has 0 spiro atoms. The molecule has 0 N–H and O–H groups in total. The van der Waals surface area contributed by atoms with E-state index in [9.17, 15) is 0 Å². The van der Waals surface area contributed by atoms with Gasteiger partial charge in [0.2, 0.25) is 5.28 Å². The first-order valence-corrected chi connectivity index (χ1v) is 6.08. The van der Waals surface area contributed by atoms with Crippen LogP contribution in [0.4, 0.5) is 0 Å². The van der Waals surface area contributed by atoms with Crippen molar-refractivity contribution in [3.63, 3.8) is 0 Å². The Hall–Kier alpha value is -2.33. The molecule has 3 rings (SSSR count). The Morgan fingerprint density at radius 2 is 1.26 bits per heavy atom. The molecule has 2 aromatic heterocycles. The molecule has 0 aliphatic rings. The number of aromatic nitrogens is 4. The molecule has 0 aliphatic heterocycles. The van der Waals surface area contributed by atoms with Crippen molar-refractivity contribution in [3.8, 4) is 22.8 Å². The minimum Gasteiger partial charge on any atom is -0.265 e. The highest BCUT2D eigenvalue weighted by molar-refractivity contribution is 6.28. The van der Waals surface area contributed by atoms with Crippen molar-refractivity contribution >= 4 is 11.6 Å². The van der Waals surface area contributed by atoms with Gasteiger partial charge in [-0.25, -0.2) is 4.98 Å². The predicted octanol–water partition coefficient (Wildman–Crippen LogP) is 3.25. The van der Waals surface area contributed by atoms with E-state index < -0.39 is 0 Å². The molecule has 0 radical (unpaired) electrons. The van der Waals surface area contributed by atoms with Crippen molar-refractivity contribution in [3.05, 3.63) is 60.1 Å². The SMILES string of the molecule is Clc1nc(-c2ccccc2)nc(-c2ccncc2)n1. The molecule has 0 bridgehead atoms. The number of hydrogen-bond acceptors (Lipinski definition) is 4. The maximum absolute atomic E-state index is 5.97. The Kier molecular flexibility index (Phi) is 3.16. The number of halogens is 1. The van der Waals surface area contributed by atoms with Crippen molar-refractivity contribution in [2.75, 3.05) is 0 Å². The van der Waals surface area contributed by atoms with Crippen molar-refractivity contribution in [1.29, 1.82) is 0 Å². The molecule has 1 aromatic carbocycles. The molecule has 0 amide bonds. The van der Waals surface area contributed by atoms with Gasteiger partial charge in [-0.15, -0.1) is 0 Å². The van der Waals surface area contributed by atoms with Gasteiger partial charge in [0.15, 0.2) is 11.6 Å². The van der Waals surface area contributed by atoms with Gasteiger partial charge in [0.05, 0.1) is 0 Å². The lowest BCUT2D eigenvalue weighted by Gasteiger charge is -2.04. The molecule has 19 heavy (non-hydrogen) atoms. The van der Waals surface area contributed by atoms with Gasteiger partial charge in [-0.1, -0.05) is 30.3 Å². The molecule has 0 atom stereocenters. The van der Waals surface area contributed by atoms with Crippen molar-refractivity contribution in [2.24, 2.45) is 0 Å². The highest BCUT2D eigenvalue weighted by Crippen LogP contribution is 2.20. The summed E-state index contributed by atoms with van der Waals surface area (Å²) in [5.41, 5.74) is 1.76. The molecule has 3 aromatic rings. The summed E-state index contributed by atoms with van der Waals surface area (Å²) in [5, 5.41) is 0.181. The molecule has 5 heteroatoms. The first-order chi connectivity index (χ1) is 9.33. The lowest BCUT2D eigenvalue weighted by Crippen LogP contribution is -1.97. The number of rotatable bonds is 2. The van der Waals surface area contributed by atoms with E-state index in [-0.39, 0.29) is 5.28 Å². The standard InChI is InChI=1S/C14H9ClN4/c15-14-18-12(10-4-2-1-3-5-10)17-13(19-14)11-6-8-16-9-7-11/h1-9H. The highest BCUT2D eigenvalue weighted by Gasteiger charge is 2.08. The van der Waals surface area contributed by atoms with E-state index in [1.54, 1.807) is 12.4 Å². The first kappa shape index (κ1) is 11.7. The normalized spacial score (nSPS) is 10.4. The third kappa shape index (κ3) is 2.58. The zero-order chi connectivity index (χ0) is 13.1. The van der Waals surface area contributed by atoms with Gasteiger partial charge in [-0.3, -0.25) is 4.98 Å². The molecule has 0 saturated carbocycles. The van der Waals surface area contributed by atoms with Crippen LogP contribution in [0, 0.1) is 0 Å². The topological polar surface area (TPSA) is 51.6 Å². The summed E-state index contributed by atoms with van der Waals surface area (Å²) in [6.07, 6.45) is 3.38. The summed E-state index contributed by atoms with van der Waals surface area (Å²) in [6, 6.07) is 13.3. The van der Waals surface area contributed by atoms with Crippen LogP contribution >= 0.6 is 11.6 Å². The Labute approximate surface area is 115 Å². The third-order valence-corrected chi connectivity index (χ3v) is 2.75. The van der Waals surface area contributed by atoms with Crippen molar-refractivity contribution in [1.82, 2.24) is 19.9 Å². The predicted molar refractivity (Wildman–Crippen MR) is 73.5 cm³/mol. The fourth-order valence-corrected chi connectivity index (χ4v) is 1.86. The Morgan fingerprint density at radius 1 is 0.684 bits per heavy atom. The van der Waals surface area contributed by atoms with Crippen LogP contribution in [-0.4, -0.2) is 19.9 Å². The van der Waals surface area contributed by atoms with Crippen LogP contribution < -0.4 is 0 Å². The van der Waals surface area contributed by atoms with Crippen LogP contribution in [-0.2, 0) is 0 Å². The van der Waals surface area contributed by atoms with E-state index in [0.717, 1.165) is 11.1 Å². The number of pyridine rings is 1. The summed E-state index contributed by atoms with van der Waals surface area (Å²) < 4.78 is 0. The zero-order valence-electron chi connectivity index (χ0n) is 9.86. The van der Waals surface area contributed by atoms with Gasteiger partial charge >= 0.3 is 0 Å². The second-order valence-corrected chi connectivity index (χ2v) is 4.19. The lowest BCUT2D eigenvalue weighted by atomic mass is 10.2. The average molecular weight is 269 g/mol. The molecule has 2 heterocycles. The summed E-state index contributed by atoms with van der Waals surface area (Å²) in [4.78, 5) is 16.7. The van der Waals surface area contributed by atoms with E-state index >= 15 is 0 Å². The summed E-state index contributed by atoms with van der Waals surface area (Å²) in [7, 11) is 0. The van der Waals surface area contributed by atoms with Gasteiger partial charge in [0.25, 0.3) is 0 Å². The molecule has 0 unspecified atom stereocenters. The van der Waals surface area contributed by atoms with Crippen LogP contribution in [0.3, 0.4) is 0 Å². The van der Waals surface area contributed by atoms with Crippen molar-refractivity contribution < 1.29 is 0 Å².